The van der Waals surface area contributed by atoms with Gasteiger partial charge in [0.05, 0.1) is 35.6 Å². The molecule has 4 unspecified atom stereocenters. The van der Waals surface area contributed by atoms with Gasteiger partial charge < -0.3 is 50.3 Å². The molecule has 72 heavy (non-hydrogen) atoms. The average molecular weight is 1100 g/mol. The highest BCUT2D eigenvalue weighted by Crippen LogP contribution is 2.32. The lowest BCUT2D eigenvalue weighted by Gasteiger charge is -2.20. The van der Waals surface area contributed by atoms with Crippen LogP contribution in [0.5, 0.6) is 0 Å². The van der Waals surface area contributed by atoms with Crippen molar-refractivity contribution in [1.29, 1.82) is 0 Å². The van der Waals surface area contributed by atoms with Crippen LogP contribution in [0.2, 0.25) is 0 Å². The zero-order chi connectivity index (χ0) is 62.6. The Morgan fingerprint density at radius 3 is 0.681 bits per heavy atom. The van der Waals surface area contributed by atoms with Crippen LogP contribution < -0.4 is 0 Å². The van der Waals surface area contributed by atoms with E-state index >= 15 is 0 Å². The van der Waals surface area contributed by atoms with Crippen molar-refractivity contribution in [3.8, 4) is 0 Å². The number of halogens is 12. The Kier molecular flexibility index (Phi) is 86.9. The topological polar surface area (TPSA) is 180 Å². The number of aliphatic hydroxyl groups excluding tert-OH is 6. The van der Waals surface area contributed by atoms with Crippen LogP contribution in [0, 0.1) is 17.8 Å². The molecule has 1 rings (SSSR count). The maximum absolute atomic E-state index is 11.7. The molecule has 1 aliphatic rings. The van der Waals surface area contributed by atoms with Crippen molar-refractivity contribution in [1.82, 2.24) is 0 Å². The normalized spacial score (nSPS) is 13.4. The zero-order valence-electron chi connectivity index (χ0n) is 50.1. The third kappa shape index (κ3) is 277. The summed E-state index contributed by atoms with van der Waals surface area (Å²) in [5.74, 6) is 1.95. The molecule has 4 atom stereocenters. The van der Waals surface area contributed by atoms with Gasteiger partial charge in [-0.05, 0) is 175 Å². The summed E-state index contributed by atoms with van der Waals surface area (Å²) in [7, 11) is 4.41. The molecule has 10 nitrogen and oxygen atoms in total. The molecule has 458 valence electrons. The highest BCUT2D eigenvalue weighted by atomic mass is 19.4. The predicted octanol–water partition coefficient (Wildman–Crippen LogP) is 14.3. The molecule has 0 saturated heterocycles. The number of rotatable bonds is 5. The Labute approximate surface area is 431 Å². The van der Waals surface area contributed by atoms with Crippen molar-refractivity contribution in [2.75, 3.05) is 21.3 Å². The van der Waals surface area contributed by atoms with Crippen molar-refractivity contribution >= 4 is 0 Å². The molecule has 0 aromatic rings. The molecule has 1 saturated carbocycles. The van der Waals surface area contributed by atoms with Gasteiger partial charge in [0.1, 0.15) is 11.8 Å². The van der Waals surface area contributed by atoms with Crippen molar-refractivity contribution in [2.45, 2.75) is 290 Å². The van der Waals surface area contributed by atoms with Gasteiger partial charge in [0.2, 0.25) is 6.43 Å². The van der Waals surface area contributed by atoms with E-state index in [2.05, 4.69) is 20.8 Å². The smallest absolute Gasteiger partial charge is 0.400 e. The van der Waals surface area contributed by atoms with Crippen LogP contribution in [0.1, 0.15) is 206 Å². The quantitative estimate of drug-likeness (QED) is 0.124. The highest BCUT2D eigenvalue weighted by Gasteiger charge is 2.45. The minimum absolute atomic E-state index is 0.0370. The lowest BCUT2D eigenvalue weighted by molar-refractivity contribution is -0.245. The molecular formula is C50H114F12O10. The maximum atomic E-state index is 11.7. The van der Waals surface area contributed by atoms with E-state index in [1.165, 1.54) is 40.0 Å². The van der Waals surface area contributed by atoms with Crippen LogP contribution in [0.15, 0.2) is 0 Å². The summed E-state index contributed by atoms with van der Waals surface area (Å²) in [6.07, 6.45) is -8.74. The van der Waals surface area contributed by atoms with Gasteiger partial charge >= 0.3 is 19.0 Å². The third-order valence-electron chi connectivity index (χ3n) is 5.93. The van der Waals surface area contributed by atoms with E-state index in [4.69, 9.17) is 50.3 Å². The molecule has 0 radical (unpaired) electrons. The summed E-state index contributed by atoms with van der Waals surface area (Å²) in [5, 5.41) is 65.3. The van der Waals surface area contributed by atoms with E-state index in [-0.39, 0.29) is 30.0 Å². The van der Waals surface area contributed by atoms with E-state index in [1.807, 2.05) is 62.3 Å². The lowest BCUT2D eigenvalue weighted by Crippen LogP contribution is -2.38. The number of aliphatic hydroxyl groups is 8. The first-order chi connectivity index (χ1) is 31.2. The molecule has 0 aliphatic heterocycles. The molecule has 1 fully saturated rings. The molecule has 0 spiro atoms. The van der Waals surface area contributed by atoms with E-state index in [1.54, 1.807) is 62.7 Å². The standard InChI is InChI=1S/C5H10O.2C5H12O.C5H12.C4H7F3O.C4H9F.3C4H10O.C3H5F3O.C3H8O.C2H4F2.CHF3.CH4O/c1-4(6)5-2-3-5;1-5(2,3)6-4;1-4(2)5(3)6;1-4-5(2)3;1-3(2,8)4(5,6)7;1-4(2,3)5;1-4(2)5-3;1-4(2,3)5;1-3-4(2)5;1-2(7)3(4,5)6;1-3(2)4;1-2(3)4;2-1(3)4;1-2/h4-6H,2-3H2,1H3;1-4H3;4-6H,1-3H3;5H,4H2,1-3H3;8H,1-2H3;1-3H3;4H,1-3H3;5H,1-3H3;4-5H,3H2,1-2H3;2,7H,1H3;3-4H,1-2H3;2H,1H3;1H;2H,1H3. The largest absolute Gasteiger partial charge is 0.416 e. The maximum Gasteiger partial charge on any atom is 0.416 e. The molecule has 0 aromatic heterocycles. The van der Waals surface area contributed by atoms with Gasteiger partial charge in [-0.15, -0.1) is 0 Å². The second-order valence-corrected chi connectivity index (χ2v) is 20.1. The summed E-state index contributed by atoms with van der Waals surface area (Å²) in [6.45, 7) is 40.6. The SMILES string of the molecule is CC(C)(C)F.CC(C)(C)O.CC(C)(O)C(F)(F)F.CC(C)C(C)O.CC(C)O.CC(F)F.CC(O)C(F)(F)F.CC(O)C1CC1.CCC(C)C.CCC(C)O.CO.COC(C)(C)C.COC(C)C.FC(F)F. The molecule has 0 amide bonds. The van der Waals surface area contributed by atoms with Gasteiger partial charge in [0, 0.05) is 27.4 Å². The average Bonchev–Trinajstić information content (AvgIpc) is 3.97. The Balaban J connectivity index is -0.0000000477. The van der Waals surface area contributed by atoms with E-state index in [9.17, 15) is 52.7 Å². The fourth-order valence-electron chi connectivity index (χ4n) is 0.579. The molecule has 0 aromatic carbocycles. The van der Waals surface area contributed by atoms with Gasteiger partial charge in [0.15, 0.2) is 5.60 Å². The summed E-state index contributed by atoms with van der Waals surface area (Å²) < 4.78 is 138. The zero-order valence-corrected chi connectivity index (χ0v) is 50.1. The number of hydrogen-bond donors (Lipinski definition) is 8. The first kappa shape index (κ1) is 103. The molecular weight excluding hydrogens is 989 g/mol. The molecule has 8 N–H and O–H groups in total. The monoisotopic (exact) mass is 1100 g/mol. The van der Waals surface area contributed by atoms with Crippen LogP contribution in [0.25, 0.3) is 0 Å². The van der Waals surface area contributed by atoms with Crippen molar-refractivity contribution in [3.63, 3.8) is 0 Å². The van der Waals surface area contributed by atoms with E-state index in [0.717, 1.165) is 26.4 Å². The van der Waals surface area contributed by atoms with Crippen molar-refractivity contribution in [3.05, 3.63) is 0 Å². The summed E-state index contributed by atoms with van der Waals surface area (Å²) >= 11 is 0. The van der Waals surface area contributed by atoms with Gasteiger partial charge in [-0.1, -0.05) is 48.0 Å². The van der Waals surface area contributed by atoms with E-state index < -0.39 is 48.4 Å². The van der Waals surface area contributed by atoms with Crippen molar-refractivity contribution < 1.29 is 103 Å². The Hall–Kier alpha value is -1.24. The van der Waals surface area contributed by atoms with Gasteiger partial charge in [-0.25, -0.2) is 13.2 Å². The second kappa shape index (κ2) is 60.6. The molecule has 0 bridgehead atoms. The van der Waals surface area contributed by atoms with Gasteiger partial charge in [0.25, 0.3) is 0 Å². The highest BCUT2D eigenvalue weighted by molar-refractivity contribution is 4.77. The summed E-state index contributed by atoms with van der Waals surface area (Å²) in [5.41, 5.74) is -4.02. The Morgan fingerprint density at radius 2 is 0.681 bits per heavy atom. The molecule has 22 heteroatoms. The van der Waals surface area contributed by atoms with Crippen LogP contribution in [0.4, 0.5) is 52.7 Å². The Bertz CT molecular complexity index is 847. The van der Waals surface area contributed by atoms with Gasteiger partial charge in [-0.2, -0.15) is 39.5 Å². The second-order valence-electron chi connectivity index (χ2n) is 20.1. The van der Waals surface area contributed by atoms with Crippen LogP contribution >= 0.6 is 0 Å². The fourth-order valence-corrected chi connectivity index (χ4v) is 0.579. The first-order valence-corrected chi connectivity index (χ1v) is 23.6. The lowest BCUT2D eigenvalue weighted by atomic mass is 10.1. The minimum Gasteiger partial charge on any atom is -0.400 e. The number of hydrogen-bond acceptors (Lipinski definition) is 10. The molecule has 0 heterocycles. The number of ether oxygens (including phenoxy) is 2. The van der Waals surface area contributed by atoms with Crippen LogP contribution in [0.3, 0.4) is 0 Å². The summed E-state index contributed by atoms with van der Waals surface area (Å²) in [6, 6.07) is 0. The third-order valence-corrected chi connectivity index (χ3v) is 5.93. The molecule has 1 aliphatic carbocycles. The minimum atomic E-state index is -4.51. The fraction of sp³-hybridized carbons (Fsp3) is 1.00. The van der Waals surface area contributed by atoms with Crippen LogP contribution in [-0.2, 0) is 9.47 Å². The number of methoxy groups -OCH3 is 2. The first-order valence-electron chi connectivity index (χ1n) is 23.6. The number of alkyl halides is 12. The van der Waals surface area contributed by atoms with Crippen LogP contribution in [-0.4, -0.2) is 147 Å². The van der Waals surface area contributed by atoms with Gasteiger partial charge in [-0.3, -0.25) is 0 Å². The summed E-state index contributed by atoms with van der Waals surface area (Å²) in [4.78, 5) is 0. The van der Waals surface area contributed by atoms with Crippen molar-refractivity contribution in [2.24, 2.45) is 17.8 Å². The van der Waals surface area contributed by atoms with E-state index in [0.29, 0.717) is 38.7 Å². The Morgan fingerprint density at radius 1 is 0.542 bits per heavy atom. The predicted molar refractivity (Wildman–Crippen MR) is 274 cm³/mol.